The van der Waals surface area contributed by atoms with Gasteiger partial charge in [0, 0.05) is 29.3 Å². The summed E-state index contributed by atoms with van der Waals surface area (Å²) in [7, 11) is 0. The Morgan fingerprint density at radius 1 is 1.23 bits per heavy atom. The molecule has 0 fully saturated rings. The molecule has 0 aliphatic heterocycles. The van der Waals surface area contributed by atoms with E-state index in [0.29, 0.717) is 22.7 Å². The summed E-state index contributed by atoms with van der Waals surface area (Å²) in [5.74, 6) is 0. The first kappa shape index (κ1) is 14.2. The van der Waals surface area contributed by atoms with Gasteiger partial charge in [0.25, 0.3) is 0 Å². The van der Waals surface area contributed by atoms with E-state index in [2.05, 4.69) is 9.97 Å². The largest absolute Gasteiger partial charge is 0.298 e. The average Bonchev–Trinajstić information content (AvgIpc) is 2.54. The molecule has 3 aromatic rings. The van der Waals surface area contributed by atoms with Crippen LogP contribution >= 0.6 is 11.6 Å². The van der Waals surface area contributed by atoms with Crippen molar-refractivity contribution in [3.8, 4) is 6.07 Å². The van der Waals surface area contributed by atoms with Gasteiger partial charge in [0.15, 0.2) is 0 Å². The molecule has 4 nitrogen and oxygen atoms in total. The van der Waals surface area contributed by atoms with Crippen molar-refractivity contribution in [1.29, 1.82) is 5.26 Å². The van der Waals surface area contributed by atoms with Crippen LogP contribution in [0.1, 0.15) is 27.3 Å². The lowest BCUT2D eigenvalue weighted by Gasteiger charge is -2.05. The zero-order valence-corrected chi connectivity index (χ0v) is 12.2. The molecule has 0 aliphatic carbocycles. The number of benzene rings is 1. The van der Waals surface area contributed by atoms with E-state index in [1.165, 1.54) is 6.07 Å². The molecule has 0 spiro atoms. The molecule has 106 valence electrons. The van der Waals surface area contributed by atoms with Crippen LogP contribution in [0.2, 0.25) is 5.02 Å². The summed E-state index contributed by atoms with van der Waals surface area (Å²) in [5, 5.41) is 10.5. The molecule has 0 amide bonds. The second-order valence-corrected chi connectivity index (χ2v) is 5.30. The molecule has 0 radical (unpaired) electrons. The van der Waals surface area contributed by atoms with Crippen molar-refractivity contribution < 1.29 is 4.79 Å². The third-order valence-electron chi connectivity index (χ3n) is 3.25. The molecule has 22 heavy (non-hydrogen) atoms. The Balaban J connectivity index is 1.99. The highest BCUT2D eigenvalue weighted by Crippen LogP contribution is 2.20. The van der Waals surface area contributed by atoms with Gasteiger partial charge in [-0.1, -0.05) is 17.7 Å². The van der Waals surface area contributed by atoms with Crippen LogP contribution in [0.15, 0.2) is 42.6 Å². The van der Waals surface area contributed by atoms with Crippen LogP contribution in [0.3, 0.4) is 0 Å². The molecule has 0 bridgehead atoms. The number of carbonyl (C=O) groups is 1. The number of hydrogen-bond donors (Lipinski definition) is 0. The van der Waals surface area contributed by atoms with Crippen molar-refractivity contribution in [3.05, 3.63) is 70.1 Å². The summed E-state index contributed by atoms with van der Waals surface area (Å²) in [6, 6.07) is 12.8. The zero-order valence-electron chi connectivity index (χ0n) is 11.5. The molecule has 0 unspecified atom stereocenters. The highest BCUT2D eigenvalue weighted by Gasteiger charge is 2.05. The summed E-state index contributed by atoms with van der Waals surface area (Å²) in [4.78, 5) is 19.4. The van der Waals surface area contributed by atoms with E-state index in [1.807, 2.05) is 30.3 Å². The van der Waals surface area contributed by atoms with Crippen LogP contribution in [0, 0.1) is 11.3 Å². The fourth-order valence-corrected chi connectivity index (χ4v) is 2.47. The fraction of sp³-hybridized carbons (Fsp3) is 0.0588. The smallest absolute Gasteiger partial charge is 0.150 e. The molecule has 5 heteroatoms. The molecule has 0 saturated heterocycles. The van der Waals surface area contributed by atoms with E-state index in [9.17, 15) is 4.79 Å². The van der Waals surface area contributed by atoms with Crippen molar-refractivity contribution in [2.45, 2.75) is 6.42 Å². The van der Waals surface area contributed by atoms with Crippen molar-refractivity contribution >= 4 is 28.8 Å². The Morgan fingerprint density at radius 2 is 2.09 bits per heavy atom. The van der Waals surface area contributed by atoms with Gasteiger partial charge in [-0.3, -0.25) is 9.78 Å². The number of rotatable bonds is 3. The Labute approximate surface area is 132 Å². The first-order valence-electron chi connectivity index (χ1n) is 6.58. The molecule has 1 aromatic carbocycles. The predicted molar refractivity (Wildman–Crippen MR) is 83.9 cm³/mol. The number of aromatic nitrogens is 2. The number of nitrogens with zero attached hydrogens (tertiary/aromatic N) is 3. The van der Waals surface area contributed by atoms with Gasteiger partial charge in [-0.15, -0.1) is 0 Å². The molecule has 0 atom stereocenters. The summed E-state index contributed by atoms with van der Waals surface area (Å²) >= 11 is 5.96. The van der Waals surface area contributed by atoms with Crippen LogP contribution in [0.4, 0.5) is 0 Å². The number of fused-ring (bicyclic) bond motifs is 1. The minimum atomic E-state index is 0.241. The maximum absolute atomic E-state index is 10.9. The van der Waals surface area contributed by atoms with Gasteiger partial charge < -0.3 is 0 Å². The van der Waals surface area contributed by atoms with Gasteiger partial charge >= 0.3 is 0 Å². The molecule has 0 saturated carbocycles. The van der Waals surface area contributed by atoms with Gasteiger partial charge in [0.05, 0.1) is 10.5 Å². The van der Waals surface area contributed by atoms with Crippen molar-refractivity contribution in [2.75, 3.05) is 0 Å². The quantitative estimate of drug-likeness (QED) is 0.694. The second-order valence-electron chi connectivity index (χ2n) is 4.86. The van der Waals surface area contributed by atoms with Crippen LogP contribution < -0.4 is 0 Å². The molecular weight excluding hydrogens is 298 g/mol. The molecule has 2 heterocycles. The number of aldehydes is 1. The highest BCUT2D eigenvalue weighted by molar-refractivity contribution is 6.31. The topological polar surface area (TPSA) is 66.6 Å². The predicted octanol–water partition coefficient (Wildman–Crippen LogP) is 3.56. The summed E-state index contributed by atoms with van der Waals surface area (Å²) < 4.78 is 0. The Morgan fingerprint density at radius 3 is 2.86 bits per heavy atom. The summed E-state index contributed by atoms with van der Waals surface area (Å²) in [6.07, 6.45) is 2.85. The Bertz CT molecular complexity index is 915. The van der Waals surface area contributed by atoms with E-state index in [4.69, 9.17) is 16.9 Å². The monoisotopic (exact) mass is 307 g/mol. The number of hydrogen-bond acceptors (Lipinski definition) is 4. The maximum atomic E-state index is 10.9. The van der Waals surface area contributed by atoms with E-state index in [1.54, 1.807) is 12.3 Å². The van der Waals surface area contributed by atoms with Gasteiger partial charge in [0.1, 0.15) is 18.0 Å². The van der Waals surface area contributed by atoms with E-state index in [0.717, 1.165) is 22.8 Å². The van der Waals surface area contributed by atoms with Gasteiger partial charge in [-0.05, 0) is 35.9 Å². The minimum absolute atomic E-state index is 0.241. The second kappa shape index (κ2) is 5.92. The van der Waals surface area contributed by atoms with Crippen molar-refractivity contribution in [2.24, 2.45) is 0 Å². The number of halogens is 1. The highest BCUT2D eigenvalue weighted by atomic mass is 35.5. The lowest BCUT2D eigenvalue weighted by Crippen LogP contribution is -1.97. The Kier molecular flexibility index (Phi) is 3.82. The van der Waals surface area contributed by atoms with Crippen LogP contribution in [0.25, 0.3) is 10.9 Å². The SMILES string of the molecule is N#Cc1cc(C=O)cc(Cc2ccc3ncc(Cl)cc3c2)n1. The maximum Gasteiger partial charge on any atom is 0.150 e. The number of nitriles is 1. The number of carbonyl (C=O) groups excluding carboxylic acids is 1. The molecule has 0 N–H and O–H groups in total. The van der Waals surface area contributed by atoms with Crippen molar-refractivity contribution in [1.82, 2.24) is 9.97 Å². The van der Waals surface area contributed by atoms with Gasteiger partial charge in [0.2, 0.25) is 0 Å². The molecule has 3 rings (SSSR count). The zero-order chi connectivity index (χ0) is 15.5. The normalized spacial score (nSPS) is 10.4. The Hall–Kier alpha value is -2.77. The third kappa shape index (κ3) is 2.95. The standard InChI is InChI=1S/C17H10ClN3O/c18-14-7-13-3-11(1-2-17(13)20-9-14)4-15-5-12(10-22)6-16(8-19)21-15/h1-3,5-7,9-10H,4H2. The van der Waals surface area contributed by atoms with E-state index >= 15 is 0 Å². The van der Waals surface area contributed by atoms with Gasteiger partial charge in [-0.2, -0.15) is 5.26 Å². The molecular formula is C17H10ClN3O. The first-order chi connectivity index (χ1) is 10.7. The average molecular weight is 308 g/mol. The van der Waals surface area contributed by atoms with Crippen molar-refractivity contribution in [3.63, 3.8) is 0 Å². The summed E-state index contributed by atoms with van der Waals surface area (Å²) in [6.45, 7) is 0. The van der Waals surface area contributed by atoms with Crippen LogP contribution in [-0.2, 0) is 6.42 Å². The van der Waals surface area contributed by atoms with Crippen LogP contribution in [-0.4, -0.2) is 16.3 Å². The van der Waals surface area contributed by atoms with Gasteiger partial charge in [-0.25, -0.2) is 4.98 Å². The third-order valence-corrected chi connectivity index (χ3v) is 3.46. The first-order valence-corrected chi connectivity index (χ1v) is 6.96. The molecule has 2 aromatic heterocycles. The van der Waals surface area contributed by atoms with E-state index in [-0.39, 0.29) is 5.69 Å². The lowest BCUT2D eigenvalue weighted by atomic mass is 10.0. The fourth-order valence-electron chi connectivity index (χ4n) is 2.30. The minimum Gasteiger partial charge on any atom is -0.298 e. The lowest BCUT2D eigenvalue weighted by molar-refractivity contribution is 0.112. The number of pyridine rings is 2. The van der Waals surface area contributed by atoms with Crippen LogP contribution in [0.5, 0.6) is 0 Å². The van der Waals surface area contributed by atoms with E-state index < -0.39 is 0 Å². The summed E-state index contributed by atoms with van der Waals surface area (Å²) in [5.41, 5.74) is 3.24. The molecule has 0 aliphatic rings.